The molecular weight excluding hydrogens is 318 g/mol. The van der Waals surface area contributed by atoms with Crippen LogP contribution in [0.25, 0.3) is 0 Å². The fraction of sp³-hybridized carbons (Fsp3) is 0.684. The van der Waals surface area contributed by atoms with Crippen LogP contribution in [0.15, 0.2) is 24.5 Å². The number of hydrogen-bond donors (Lipinski definition) is 1. The Morgan fingerprint density at radius 3 is 2.60 bits per heavy atom. The molecule has 6 heteroatoms. The van der Waals surface area contributed by atoms with E-state index in [9.17, 15) is 9.90 Å². The smallest absolute Gasteiger partial charge is 0.253 e. The van der Waals surface area contributed by atoms with Crippen molar-refractivity contribution in [3.8, 4) is 0 Å². The van der Waals surface area contributed by atoms with Crippen LogP contribution in [0.1, 0.15) is 29.6 Å². The Balaban J connectivity index is 1.59. The van der Waals surface area contributed by atoms with Crippen LogP contribution in [-0.2, 0) is 4.74 Å². The van der Waals surface area contributed by atoms with Crippen molar-refractivity contribution >= 4 is 5.91 Å². The molecule has 1 atom stereocenters. The normalized spacial score (nSPS) is 23.8. The quantitative estimate of drug-likeness (QED) is 0.869. The minimum absolute atomic E-state index is 0.0929. The number of aromatic nitrogens is 1. The first-order valence-electron chi connectivity index (χ1n) is 9.20. The van der Waals surface area contributed by atoms with Crippen molar-refractivity contribution in [1.82, 2.24) is 14.8 Å². The first-order chi connectivity index (χ1) is 12.2. The Kier molecular flexibility index (Phi) is 6.04. The molecular formula is C19H29N3O3. The lowest BCUT2D eigenvalue weighted by molar-refractivity contribution is -0.0415. The SMILES string of the molecule is COCCN1CCC2(CCN(C(=O)c3ccncc3)CC2)[C@@H](CO)C1. The fourth-order valence-electron chi connectivity index (χ4n) is 4.35. The van der Waals surface area contributed by atoms with E-state index in [0.717, 1.165) is 58.6 Å². The van der Waals surface area contributed by atoms with Gasteiger partial charge in [-0.1, -0.05) is 0 Å². The third kappa shape index (κ3) is 4.02. The standard InChI is InChI=1S/C19H29N3O3/c1-25-13-12-21-9-4-19(17(14-21)15-23)5-10-22(11-6-19)18(24)16-2-7-20-8-3-16/h2-3,7-8,17,23H,4-6,9-15H2,1H3/t17-/m1/s1. The third-order valence-electron chi connectivity index (χ3n) is 6.08. The maximum atomic E-state index is 12.6. The minimum Gasteiger partial charge on any atom is -0.396 e. The van der Waals surface area contributed by atoms with E-state index in [-0.39, 0.29) is 23.8 Å². The zero-order valence-electron chi connectivity index (χ0n) is 15.1. The summed E-state index contributed by atoms with van der Waals surface area (Å²) in [6.45, 7) is 5.42. The Morgan fingerprint density at radius 1 is 1.28 bits per heavy atom. The van der Waals surface area contributed by atoms with Crippen LogP contribution in [0.5, 0.6) is 0 Å². The number of carbonyl (C=O) groups excluding carboxylic acids is 1. The van der Waals surface area contributed by atoms with Crippen molar-refractivity contribution in [3.63, 3.8) is 0 Å². The van der Waals surface area contributed by atoms with E-state index < -0.39 is 0 Å². The van der Waals surface area contributed by atoms with E-state index in [1.54, 1.807) is 31.6 Å². The highest BCUT2D eigenvalue weighted by Gasteiger charge is 2.44. The molecule has 0 aromatic carbocycles. The molecule has 6 nitrogen and oxygen atoms in total. The number of methoxy groups -OCH3 is 1. The van der Waals surface area contributed by atoms with Gasteiger partial charge in [0.1, 0.15) is 0 Å². The summed E-state index contributed by atoms with van der Waals surface area (Å²) in [5.74, 6) is 0.381. The first kappa shape index (κ1) is 18.3. The molecule has 0 unspecified atom stereocenters. The molecule has 1 aromatic heterocycles. The van der Waals surface area contributed by atoms with Crippen molar-refractivity contribution in [1.29, 1.82) is 0 Å². The van der Waals surface area contributed by atoms with Gasteiger partial charge < -0.3 is 19.6 Å². The molecule has 0 bridgehead atoms. The summed E-state index contributed by atoms with van der Waals surface area (Å²) in [5.41, 5.74) is 0.881. The average Bonchev–Trinajstić information content (AvgIpc) is 2.68. The average molecular weight is 347 g/mol. The molecule has 2 fully saturated rings. The second-order valence-corrected chi connectivity index (χ2v) is 7.31. The van der Waals surface area contributed by atoms with E-state index >= 15 is 0 Å². The number of aliphatic hydroxyl groups excluding tert-OH is 1. The lowest BCUT2D eigenvalue weighted by Gasteiger charge is -2.51. The molecule has 2 saturated heterocycles. The van der Waals surface area contributed by atoms with Gasteiger partial charge in [-0.3, -0.25) is 9.78 Å². The third-order valence-corrected chi connectivity index (χ3v) is 6.08. The van der Waals surface area contributed by atoms with Crippen LogP contribution < -0.4 is 0 Å². The summed E-state index contributed by atoms with van der Waals surface area (Å²) in [5, 5.41) is 9.96. The summed E-state index contributed by atoms with van der Waals surface area (Å²) in [7, 11) is 1.73. The van der Waals surface area contributed by atoms with E-state index in [0.29, 0.717) is 5.56 Å². The van der Waals surface area contributed by atoms with Gasteiger partial charge in [0.2, 0.25) is 0 Å². The molecule has 2 aliphatic heterocycles. The van der Waals surface area contributed by atoms with Crippen LogP contribution in [0.4, 0.5) is 0 Å². The van der Waals surface area contributed by atoms with Crippen LogP contribution >= 0.6 is 0 Å². The van der Waals surface area contributed by atoms with Gasteiger partial charge in [0.15, 0.2) is 0 Å². The highest BCUT2D eigenvalue weighted by molar-refractivity contribution is 5.94. The molecule has 0 aliphatic carbocycles. The van der Waals surface area contributed by atoms with E-state index in [2.05, 4.69) is 9.88 Å². The second kappa shape index (κ2) is 8.25. The number of aliphatic hydroxyl groups is 1. The number of likely N-dealkylation sites (tertiary alicyclic amines) is 2. The molecule has 2 aliphatic rings. The summed E-state index contributed by atoms with van der Waals surface area (Å²) >= 11 is 0. The lowest BCUT2D eigenvalue weighted by Crippen LogP contribution is -2.54. The van der Waals surface area contributed by atoms with Gasteiger partial charge in [-0.05, 0) is 43.4 Å². The Morgan fingerprint density at radius 2 is 1.96 bits per heavy atom. The minimum atomic E-state index is 0.0929. The molecule has 1 amide bonds. The number of hydrogen-bond acceptors (Lipinski definition) is 5. The zero-order chi connectivity index (χ0) is 17.7. The van der Waals surface area contributed by atoms with E-state index in [4.69, 9.17) is 4.74 Å². The molecule has 1 aromatic rings. The monoisotopic (exact) mass is 347 g/mol. The summed E-state index contributed by atoms with van der Waals surface area (Å²) in [4.78, 5) is 20.9. The van der Waals surface area contributed by atoms with Crippen LogP contribution in [0, 0.1) is 11.3 Å². The number of carbonyl (C=O) groups is 1. The largest absolute Gasteiger partial charge is 0.396 e. The van der Waals surface area contributed by atoms with Gasteiger partial charge in [-0.2, -0.15) is 0 Å². The van der Waals surface area contributed by atoms with Crippen LogP contribution in [0.2, 0.25) is 0 Å². The van der Waals surface area contributed by atoms with Crippen molar-refractivity contribution in [3.05, 3.63) is 30.1 Å². The highest BCUT2D eigenvalue weighted by atomic mass is 16.5. The molecule has 1 N–H and O–H groups in total. The first-order valence-corrected chi connectivity index (χ1v) is 9.20. The molecule has 3 rings (SSSR count). The Labute approximate surface area is 149 Å². The topological polar surface area (TPSA) is 65.9 Å². The van der Waals surface area contributed by atoms with Crippen LogP contribution in [-0.4, -0.2) is 78.8 Å². The molecule has 1 spiro atoms. The van der Waals surface area contributed by atoms with Crippen LogP contribution in [0.3, 0.4) is 0 Å². The highest BCUT2D eigenvalue weighted by Crippen LogP contribution is 2.45. The Bertz CT molecular complexity index is 558. The maximum Gasteiger partial charge on any atom is 0.253 e. The fourth-order valence-corrected chi connectivity index (χ4v) is 4.35. The predicted molar refractivity (Wildman–Crippen MR) is 95.3 cm³/mol. The van der Waals surface area contributed by atoms with Gasteiger partial charge >= 0.3 is 0 Å². The summed E-state index contributed by atoms with van der Waals surface area (Å²) < 4.78 is 5.18. The van der Waals surface area contributed by atoms with E-state index in [1.807, 2.05) is 4.90 Å². The van der Waals surface area contributed by atoms with Gasteiger partial charge in [0.05, 0.1) is 6.61 Å². The second-order valence-electron chi connectivity index (χ2n) is 7.31. The molecule has 138 valence electrons. The van der Waals surface area contributed by atoms with Crippen molar-refractivity contribution in [2.45, 2.75) is 19.3 Å². The number of ether oxygens (including phenoxy) is 1. The molecule has 25 heavy (non-hydrogen) atoms. The maximum absolute atomic E-state index is 12.6. The van der Waals surface area contributed by atoms with Crippen molar-refractivity contribution < 1.29 is 14.6 Å². The number of rotatable bonds is 5. The molecule has 0 saturated carbocycles. The number of nitrogens with zero attached hydrogens (tertiary/aromatic N) is 3. The number of pyridine rings is 1. The van der Waals surface area contributed by atoms with Gasteiger partial charge in [-0.15, -0.1) is 0 Å². The number of piperidine rings is 2. The molecule has 0 radical (unpaired) electrons. The van der Waals surface area contributed by atoms with Gasteiger partial charge in [0.25, 0.3) is 5.91 Å². The summed E-state index contributed by atoms with van der Waals surface area (Å²) in [6, 6.07) is 3.55. The predicted octanol–water partition coefficient (Wildman–Crippen LogP) is 1.26. The summed E-state index contributed by atoms with van der Waals surface area (Å²) in [6.07, 6.45) is 6.38. The van der Waals surface area contributed by atoms with Crippen molar-refractivity contribution in [2.75, 3.05) is 53.0 Å². The van der Waals surface area contributed by atoms with E-state index in [1.165, 1.54) is 0 Å². The number of amides is 1. The lowest BCUT2D eigenvalue weighted by atomic mass is 9.64. The van der Waals surface area contributed by atoms with Gasteiger partial charge in [-0.25, -0.2) is 0 Å². The Hall–Kier alpha value is -1.50. The molecule has 3 heterocycles. The van der Waals surface area contributed by atoms with Crippen molar-refractivity contribution in [2.24, 2.45) is 11.3 Å². The van der Waals surface area contributed by atoms with Gasteiger partial charge in [0, 0.05) is 63.8 Å². The zero-order valence-corrected chi connectivity index (χ0v) is 15.1.